The van der Waals surface area contributed by atoms with Crippen LogP contribution in [0.2, 0.25) is 0 Å². The van der Waals surface area contributed by atoms with Gasteiger partial charge >= 0.3 is 0 Å². The number of benzene rings is 13. The van der Waals surface area contributed by atoms with Gasteiger partial charge < -0.3 is 18.9 Å². The fourth-order valence-corrected chi connectivity index (χ4v) is 13.8. The largest absolute Gasteiger partial charge is 0.309 e. The molecule has 0 bridgehead atoms. The second kappa shape index (κ2) is 22.4. The zero-order chi connectivity index (χ0) is 60.4. The van der Waals surface area contributed by atoms with Gasteiger partial charge in [-0.1, -0.05) is 242 Å². The molecule has 0 spiro atoms. The molecule has 0 aliphatic carbocycles. The summed E-state index contributed by atoms with van der Waals surface area (Å²) in [7, 11) is 0. The van der Waals surface area contributed by atoms with Gasteiger partial charge in [0.1, 0.15) is 0 Å². The monoisotopic (exact) mass is 1150 g/mol. The molecule has 0 aliphatic heterocycles. The van der Waals surface area contributed by atoms with Crippen molar-refractivity contribution >= 4 is 99.3 Å². The smallest absolute Gasteiger partial charge is 0.0620 e. The number of fused-ring (bicyclic) bond motifs is 8. The minimum absolute atomic E-state index is 0.0670. The van der Waals surface area contributed by atoms with Crippen LogP contribution < -0.4 is 9.80 Å². The van der Waals surface area contributed by atoms with Crippen LogP contribution in [0.1, 0.15) is 65.5 Å². The SMILES string of the molecule is CCC(C)(C)Cc1ccc2c(N(c3ccc(-c4ccccc4)cc3)c3cccc(-n4c5ccccc5c5ccccc54)c3)c3cc(C(C)(C)CC)ccc3c(N(c3ccc(-c4ccccc4)cc3)c3cccc(-n4c5ccccc5c5ccccc54)c3)c2c1. The van der Waals surface area contributed by atoms with Crippen LogP contribution in [0.25, 0.3) is 98.8 Å². The maximum atomic E-state index is 2.57. The second-order valence-corrected chi connectivity index (χ2v) is 25.5. The van der Waals surface area contributed by atoms with E-state index in [9.17, 15) is 0 Å². The van der Waals surface area contributed by atoms with Gasteiger partial charge in [-0.25, -0.2) is 0 Å². The molecule has 89 heavy (non-hydrogen) atoms. The Labute approximate surface area is 522 Å². The van der Waals surface area contributed by atoms with E-state index >= 15 is 0 Å². The third kappa shape index (κ3) is 9.81. The number of anilines is 6. The van der Waals surface area contributed by atoms with E-state index < -0.39 is 0 Å². The molecule has 13 aromatic carbocycles. The molecule has 4 heteroatoms. The molecule has 15 rings (SSSR count). The number of aromatic nitrogens is 2. The lowest BCUT2D eigenvalue weighted by Crippen LogP contribution is -2.18. The molecule has 0 unspecified atom stereocenters. The van der Waals surface area contributed by atoms with Gasteiger partial charge in [0, 0.05) is 77.2 Å². The summed E-state index contributed by atoms with van der Waals surface area (Å²) >= 11 is 0. The summed E-state index contributed by atoms with van der Waals surface area (Å²) in [6.07, 6.45) is 2.96. The Kier molecular flexibility index (Phi) is 13.9. The first-order valence-electron chi connectivity index (χ1n) is 31.7. The van der Waals surface area contributed by atoms with E-state index in [1.54, 1.807) is 0 Å². The molecule has 0 fully saturated rings. The topological polar surface area (TPSA) is 16.3 Å². The maximum absolute atomic E-state index is 2.57. The van der Waals surface area contributed by atoms with E-state index in [1.165, 1.54) is 87.8 Å². The average Bonchev–Trinajstić information content (AvgIpc) is 1.29. The van der Waals surface area contributed by atoms with Gasteiger partial charge in [-0.3, -0.25) is 0 Å². The zero-order valence-corrected chi connectivity index (χ0v) is 51.6. The Morgan fingerprint density at radius 2 is 0.674 bits per heavy atom. The van der Waals surface area contributed by atoms with Crippen molar-refractivity contribution in [3.63, 3.8) is 0 Å². The van der Waals surface area contributed by atoms with Gasteiger partial charge in [0.25, 0.3) is 0 Å². The van der Waals surface area contributed by atoms with E-state index in [-0.39, 0.29) is 10.8 Å². The minimum Gasteiger partial charge on any atom is -0.309 e. The summed E-state index contributed by atoms with van der Waals surface area (Å²) in [4.78, 5) is 5.14. The summed E-state index contributed by atoms with van der Waals surface area (Å²) in [6.45, 7) is 14.3. The van der Waals surface area contributed by atoms with Gasteiger partial charge in [0.15, 0.2) is 0 Å². The molecule has 0 amide bonds. The van der Waals surface area contributed by atoms with Crippen molar-refractivity contribution in [3.8, 4) is 33.6 Å². The van der Waals surface area contributed by atoms with E-state index in [0.29, 0.717) is 0 Å². The molecular formula is C85H72N4. The summed E-state index contributed by atoms with van der Waals surface area (Å²) < 4.78 is 4.89. The average molecular weight is 1150 g/mol. The third-order valence-corrected chi connectivity index (χ3v) is 19.2. The highest BCUT2D eigenvalue weighted by atomic mass is 15.2. The van der Waals surface area contributed by atoms with E-state index in [1.807, 2.05) is 0 Å². The van der Waals surface area contributed by atoms with Gasteiger partial charge in [-0.05, 0) is 154 Å². The Morgan fingerprint density at radius 1 is 0.292 bits per heavy atom. The first kappa shape index (κ1) is 55.2. The van der Waals surface area contributed by atoms with Crippen molar-refractivity contribution in [3.05, 3.63) is 302 Å². The molecule has 2 heterocycles. The van der Waals surface area contributed by atoms with Crippen molar-refractivity contribution in [1.82, 2.24) is 9.13 Å². The van der Waals surface area contributed by atoms with E-state index in [0.717, 1.165) is 75.5 Å². The van der Waals surface area contributed by atoms with Gasteiger partial charge in [-0.2, -0.15) is 0 Å². The molecule has 2 aromatic heterocycles. The number of nitrogens with zero attached hydrogens (tertiary/aromatic N) is 4. The highest BCUT2D eigenvalue weighted by Crippen LogP contribution is 2.53. The summed E-state index contributed by atoms with van der Waals surface area (Å²) in [5.74, 6) is 0. The predicted molar refractivity (Wildman–Crippen MR) is 381 cm³/mol. The minimum atomic E-state index is -0.127. The van der Waals surface area contributed by atoms with E-state index in [2.05, 4.69) is 352 Å². The number of hydrogen-bond donors (Lipinski definition) is 0. The third-order valence-electron chi connectivity index (χ3n) is 19.2. The number of hydrogen-bond acceptors (Lipinski definition) is 2. The quantitative estimate of drug-likeness (QED) is 0.0751. The van der Waals surface area contributed by atoms with Crippen molar-refractivity contribution in [2.75, 3.05) is 9.80 Å². The van der Waals surface area contributed by atoms with Crippen LogP contribution in [0.5, 0.6) is 0 Å². The normalized spacial score (nSPS) is 12.1. The van der Waals surface area contributed by atoms with Crippen LogP contribution in [0.4, 0.5) is 34.1 Å². The Hall–Kier alpha value is -10.4. The Bertz CT molecular complexity index is 5020. The summed E-state index contributed by atoms with van der Waals surface area (Å²) in [5.41, 5.74) is 20.7. The van der Waals surface area contributed by atoms with Crippen LogP contribution in [0, 0.1) is 5.41 Å². The highest BCUT2D eigenvalue weighted by molar-refractivity contribution is 6.24. The molecular weight excluding hydrogens is 1080 g/mol. The van der Waals surface area contributed by atoms with Gasteiger partial charge in [-0.15, -0.1) is 0 Å². The zero-order valence-electron chi connectivity index (χ0n) is 51.6. The van der Waals surface area contributed by atoms with Crippen LogP contribution >= 0.6 is 0 Å². The molecule has 15 aromatic rings. The summed E-state index contributed by atoms with van der Waals surface area (Å²) in [6, 6.07) is 109. The molecule has 0 saturated heterocycles. The number of rotatable bonds is 15. The molecule has 0 radical (unpaired) electrons. The fraction of sp³-hybridized carbons (Fsp3) is 0.129. The maximum Gasteiger partial charge on any atom is 0.0620 e. The van der Waals surface area contributed by atoms with Crippen LogP contribution in [0.3, 0.4) is 0 Å². The first-order chi connectivity index (χ1) is 43.5. The van der Waals surface area contributed by atoms with Crippen molar-refractivity contribution in [1.29, 1.82) is 0 Å². The lowest BCUT2D eigenvalue weighted by molar-refractivity contribution is 0.349. The summed E-state index contributed by atoms with van der Waals surface area (Å²) in [5, 5.41) is 9.63. The predicted octanol–water partition coefficient (Wildman–Crippen LogP) is 24.1. The first-order valence-corrected chi connectivity index (χ1v) is 31.7. The van der Waals surface area contributed by atoms with E-state index in [4.69, 9.17) is 0 Å². The molecule has 0 saturated carbocycles. The second-order valence-electron chi connectivity index (χ2n) is 25.5. The fourth-order valence-electron chi connectivity index (χ4n) is 13.8. The van der Waals surface area contributed by atoms with Crippen molar-refractivity contribution < 1.29 is 0 Å². The lowest BCUT2D eigenvalue weighted by Gasteiger charge is -2.34. The highest BCUT2D eigenvalue weighted by Gasteiger charge is 2.30. The van der Waals surface area contributed by atoms with Crippen LogP contribution in [0.15, 0.2) is 291 Å². The molecule has 0 aliphatic rings. The number of para-hydroxylation sites is 4. The van der Waals surface area contributed by atoms with Crippen molar-refractivity contribution in [2.24, 2.45) is 5.41 Å². The van der Waals surface area contributed by atoms with Gasteiger partial charge in [0.2, 0.25) is 0 Å². The molecule has 4 nitrogen and oxygen atoms in total. The molecule has 432 valence electrons. The van der Waals surface area contributed by atoms with Crippen LogP contribution in [-0.4, -0.2) is 9.13 Å². The Morgan fingerprint density at radius 3 is 1.09 bits per heavy atom. The Balaban J connectivity index is 1.06. The van der Waals surface area contributed by atoms with Crippen LogP contribution in [-0.2, 0) is 11.8 Å². The standard InChI is InChI=1S/C85H72N4/c1-7-84(3,4)57-58-41-51-74-76(53-58)82(86(64-47-42-61(43-48-64)59-25-11-9-12-26-59)66-29-23-31-68(55-66)88-78-37-19-15-33-70(78)71-34-16-20-38-79(71)88)75-52-46-63(85(5,6)8-2)54-77(75)83(74)87(65-49-44-62(45-50-65)60-27-13-10-14-28-60)67-30-24-32-69(56-67)89-80-39-21-17-35-72(80)73-36-18-22-40-81(73)89/h9-56H,7-8,57H2,1-6H3. The van der Waals surface area contributed by atoms with Crippen molar-refractivity contribution in [2.45, 2.75) is 66.2 Å². The molecule has 0 N–H and O–H groups in total. The molecule has 0 atom stereocenters. The van der Waals surface area contributed by atoms with Gasteiger partial charge in [0.05, 0.1) is 33.4 Å². The lowest BCUT2D eigenvalue weighted by atomic mass is 9.80.